The number of sulfonamides is 1. The second-order valence-corrected chi connectivity index (χ2v) is 7.76. The molecule has 0 radical (unpaired) electrons. The van der Waals surface area contributed by atoms with Crippen molar-refractivity contribution in [1.29, 1.82) is 0 Å². The van der Waals surface area contributed by atoms with Crippen molar-refractivity contribution in [2.45, 2.75) is 62.8 Å². The van der Waals surface area contributed by atoms with E-state index in [4.69, 9.17) is 10.5 Å². The van der Waals surface area contributed by atoms with Gasteiger partial charge in [-0.25, -0.2) is 13.1 Å². The molecule has 0 spiro atoms. The van der Waals surface area contributed by atoms with Crippen molar-refractivity contribution in [3.63, 3.8) is 0 Å². The topological polar surface area (TPSA) is 81.4 Å². The Hall–Kier alpha value is -0.950. The highest BCUT2D eigenvalue weighted by molar-refractivity contribution is 7.89. The average Bonchev–Trinajstić information content (AvgIpc) is 3.03. The Morgan fingerprint density at radius 3 is 2.67 bits per heavy atom. The van der Waals surface area contributed by atoms with Gasteiger partial charge in [0.25, 0.3) is 0 Å². The molecule has 2 saturated heterocycles. The summed E-state index contributed by atoms with van der Waals surface area (Å²) in [5, 5.41) is 0. The van der Waals surface area contributed by atoms with Gasteiger partial charge in [0.15, 0.2) is 0 Å². The van der Waals surface area contributed by atoms with Gasteiger partial charge in [0, 0.05) is 6.54 Å². The van der Waals surface area contributed by atoms with E-state index in [1.807, 2.05) is 19.9 Å². The van der Waals surface area contributed by atoms with E-state index in [-0.39, 0.29) is 18.2 Å². The third-order valence-corrected chi connectivity index (χ3v) is 6.23. The van der Waals surface area contributed by atoms with E-state index < -0.39 is 10.0 Å². The van der Waals surface area contributed by atoms with E-state index in [1.54, 1.807) is 6.07 Å². The molecule has 2 bridgehead atoms. The first-order valence-electron chi connectivity index (χ1n) is 7.38. The number of nitrogens with two attached hydrogens (primary N) is 1. The summed E-state index contributed by atoms with van der Waals surface area (Å²) in [5.41, 5.74) is 8.22. The van der Waals surface area contributed by atoms with Gasteiger partial charge in [0.05, 0.1) is 23.1 Å². The molecule has 6 heteroatoms. The molecule has 116 valence electrons. The van der Waals surface area contributed by atoms with Crippen molar-refractivity contribution in [3.8, 4) is 0 Å². The van der Waals surface area contributed by atoms with Crippen LogP contribution in [0, 0.1) is 13.8 Å². The van der Waals surface area contributed by atoms with Crippen LogP contribution in [0.4, 0.5) is 0 Å². The van der Waals surface area contributed by atoms with Crippen molar-refractivity contribution in [2.24, 2.45) is 5.73 Å². The molecule has 0 saturated carbocycles. The SMILES string of the molecule is Cc1cc(CN)cc(S(=O)(=O)NC2CC3CCC2O3)c1C. The van der Waals surface area contributed by atoms with E-state index >= 15 is 0 Å². The van der Waals surface area contributed by atoms with E-state index in [0.717, 1.165) is 36.0 Å². The summed E-state index contributed by atoms with van der Waals surface area (Å²) in [7, 11) is -3.54. The van der Waals surface area contributed by atoms with Crippen LogP contribution >= 0.6 is 0 Å². The van der Waals surface area contributed by atoms with Gasteiger partial charge in [0.1, 0.15) is 0 Å². The fraction of sp³-hybridized carbons (Fsp3) is 0.600. The lowest BCUT2D eigenvalue weighted by atomic mass is 9.96. The molecule has 0 aromatic heterocycles. The Morgan fingerprint density at radius 1 is 1.33 bits per heavy atom. The molecule has 3 N–H and O–H groups in total. The fourth-order valence-corrected chi connectivity index (χ4v) is 4.96. The highest BCUT2D eigenvalue weighted by Crippen LogP contribution is 2.35. The first kappa shape index (κ1) is 15.0. The number of hydrogen-bond acceptors (Lipinski definition) is 4. The van der Waals surface area contributed by atoms with E-state index in [1.165, 1.54) is 0 Å². The monoisotopic (exact) mass is 310 g/mol. The maximum atomic E-state index is 12.7. The highest BCUT2D eigenvalue weighted by Gasteiger charge is 2.42. The predicted octanol–water partition coefficient (Wildman–Crippen LogP) is 1.36. The molecular weight excluding hydrogens is 288 g/mol. The normalized spacial score (nSPS) is 28.2. The van der Waals surface area contributed by atoms with Crippen LogP contribution in [0.5, 0.6) is 0 Å². The number of nitrogens with one attached hydrogen (secondary N) is 1. The minimum atomic E-state index is -3.54. The summed E-state index contributed by atoms with van der Waals surface area (Å²) < 4.78 is 33.9. The summed E-state index contributed by atoms with van der Waals surface area (Å²) in [6.45, 7) is 4.08. The minimum Gasteiger partial charge on any atom is -0.373 e. The van der Waals surface area contributed by atoms with Crippen LogP contribution in [0.15, 0.2) is 17.0 Å². The Kier molecular flexibility index (Phi) is 3.81. The van der Waals surface area contributed by atoms with Crippen LogP contribution in [-0.2, 0) is 21.3 Å². The Morgan fingerprint density at radius 2 is 2.10 bits per heavy atom. The molecule has 0 amide bonds. The molecule has 5 nitrogen and oxygen atoms in total. The predicted molar refractivity (Wildman–Crippen MR) is 80.4 cm³/mol. The molecule has 2 fully saturated rings. The summed E-state index contributed by atoms with van der Waals surface area (Å²) in [6, 6.07) is 3.52. The van der Waals surface area contributed by atoms with E-state index in [0.29, 0.717) is 11.4 Å². The zero-order valence-corrected chi connectivity index (χ0v) is 13.2. The summed E-state index contributed by atoms with van der Waals surface area (Å²) in [5.74, 6) is 0. The van der Waals surface area contributed by atoms with Crippen molar-refractivity contribution in [1.82, 2.24) is 4.72 Å². The van der Waals surface area contributed by atoms with Gasteiger partial charge in [-0.2, -0.15) is 0 Å². The quantitative estimate of drug-likeness (QED) is 0.880. The van der Waals surface area contributed by atoms with Gasteiger partial charge in [0.2, 0.25) is 10.0 Å². The molecule has 2 heterocycles. The summed E-state index contributed by atoms with van der Waals surface area (Å²) >= 11 is 0. The lowest BCUT2D eigenvalue weighted by Crippen LogP contribution is -2.41. The Labute approximate surface area is 125 Å². The van der Waals surface area contributed by atoms with Crippen molar-refractivity contribution >= 4 is 10.0 Å². The Balaban J connectivity index is 1.89. The van der Waals surface area contributed by atoms with Crippen molar-refractivity contribution in [2.75, 3.05) is 0 Å². The lowest BCUT2D eigenvalue weighted by molar-refractivity contribution is 0.0996. The summed E-state index contributed by atoms with van der Waals surface area (Å²) in [4.78, 5) is 0.339. The molecule has 0 aliphatic carbocycles. The van der Waals surface area contributed by atoms with Crippen molar-refractivity contribution < 1.29 is 13.2 Å². The maximum absolute atomic E-state index is 12.7. The van der Waals surface area contributed by atoms with Gasteiger partial charge in [-0.05, 0) is 55.9 Å². The molecule has 21 heavy (non-hydrogen) atoms. The number of fused-ring (bicyclic) bond motifs is 2. The molecule has 1 aromatic rings. The van der Waals surface area contributed by atoms with Crippen LogP contribution in [0.1, 0.15) is 36.0 Å². The average molecular weight is 310 g/mol. The zero-order chi connectivity index (χ0) is 15.2. The van der Waals surface area contributed by atoms with Crippen LogP contribution < -0.4 is 10.5 Å². The lowest BCUT2D eigenvalue weighted by Gasteiger charge is -2.21. The van der Waals surface area contributed by atoms with E-state index in [2.05, 4.69) is 4.72 Å². The van der Waals surface area contributed by atoms with Gasteiger partial charge in [-0.1, -0.05) is 6.07 Å². The Bertz CT molecular complexity index is 657. The van der Waals surface area contributed by atoms with Gasteiger partial charge in [-0.15, -0.1) is 0 Å². The molecule has 2 aliphatic rings. The summed E-state index contributed by atoms with van der Waals surface area (Å²) in [6.07, 6.45) is 3.02. The van der Waals surface area contributed by atoms with Crippen LogP contribution in [-0.4, -0.2) is 26.7 Å². The van der Waals surface area contributed by atoms with Gasteiger partial charge < -0.3 is 10.5 Å². The van der Waals surface area contributed by atoms with Crippen LogP contribution in [0.3, 0.4) is 0 Å². The molecule has 3 rings (SSSR count). The van der Waals surface area contributed by atoms with Gasteiger partial charge >= 0.3 is 0 Å². The smallest absolute Gasteiger partial charge is 0.241 e. The van der Waals surface area contributed by atoms with E-state index in [9.17, 15) is 8.42 Å². The number of aryl methyl sites for hydroxylation is 1. The highest BCUT2D eigenvalue weighted by atomic mass is 32.2. The van der Waals surface area contributed by atoms with Crippen LogP contribution in [0.2, 0.25) is 0 Å². The zero-order valence-electron chi connectivity index (χ0n) is 12.4. The molecule has 1 aromatic carbocycles. The second-order valence-electron chi connectivity index (χ2n) is 6.08. The number of hydrogen-bond donors (Lipinski definition) is 2. The molecule has 3 atom stereocenters. The molecular formula is C15H22N2O3S. The van der Waals surface area contributed by atoms with Crippen molar-refractivity contribution in [3.05, 3.63) is 28.8 Å². The fourth-order valence-electron chi connectivity index (χ4n) is 3.32. The number of ether oxygens (including phenoxy) is 1. The van der Waals surface area contributed by atoms with Gasteiger partial charge in [-0.3, -0.25) is 0 Å². The largest absolute Gasteiger partial charge is 0.373 e. The second kappa shape index (κ2) is 5.35. The standard InChI is InChI=1S/C15H22N2O3S/c1-9-5-11(8-16)6-15(10(9)2)21(18,19)17-13-7-12-3-4-14(13)20-12/h5-6,12-14,17H,3-4,7-8,16H2,1-2H3. The van der Waals surface area contributed by atoms with Crippen LogP contribution in [0.25, 0.3) is 0 Å². The number of benzene rings is 1. The third kappa shape index (κ3) is 2.73. The number of rotatable bonds is 4. The molecule has 3 unspecified atom stereocenters. The maximum Gasteiger partial charge on any atom is 0.241 e. The molecule has 2 aliphatic heterocycles. The first-order valence-corrected chi connectivity index (χ1v) is 8.87. The third-order valence-electron chi connectivity index (χ3n) is 4.62. The minimum absolute atomic E-state index is 0.0314. The first-order chi connectivity index (χ1) is 9.90.